The van der Waals surface area contributed by atoms with Crippen molar-refractivity contribution in [1.29, 1.82) is 0 Å². The Balaban J connectivity index is 2.61. The smallest absolute Gasteiger partial charge is 0.126 e. The Labute approximate surface area is 104 Å². The molecule has 1 nitrogen and oxygen atoms in total. The molecular formula is C15H24FN. The van der Waals surface area contributed by atoms with Gasteiger partial charge in [0.05, 0.1) is 0 Å². The van der Waals surface area contributed by atoms with Gasteiger partial charge in [-0.2, -0.15) is 0 Å². The predicted octanol–water partition coefficient (Wildman–Crippen LogP) is 3.87. The fraction of sp³-hybridized carbons (Fsp3) is 0.600. The number of hydrogen-bond acceptors (Lipinski definition) is 1. The van der Waals surface area contributed by atoms with Crippen molar-refractivity contribution >= 4 is 0 Å². The molecule has 2 heteroatoms. The number of halogens is 1. The summed E-state index contributed by atoms with van der Waals surface area (Å²) in [4.78, 5) is 0. The summed E-state index contributed by atoms with van der Waals surface area (Å²) in [5, 5.41) is 3.42. The first-order valence-electron chi connectivity index (χ1n) is 6.53. The molecule has 1 aromatic carbocycles. The van der Waals surface area contributed by atoms with E-state index in [1.165, 1.54) is 0 Å². The second kappa shape index (κ2) is 6.75. The van der Waals surface area contributed by atoms with E-state index >= 15 is 0 Å². The fourth-order valence-corrected chi connectivity index (χ4v) is 1.90. The van der Waals surface area contributed by atoms with Crippen molar-refractivity contribution in [2.24, 2.45) is 5.92 Å². The van der Waals surface area contributed by atoms with Crippen LogP contribution >= 0.6 is 0 Å². The Morgan fingerprint density at radius 1 is 1.29 bits per heavy atom. The molecule has 96 valence electrons. The molecule has 0 saturated carbocycles. The highest BCUT2D eigenvalue weighted by atomic mass is 19.1. The minimum absolute atomic E-state index is 0.0944. The predicted molar refractivity (Wildman–Crippen MR) is 71.9 cm³/mol. The zero-order valence-electron chi connectivity index (χ0n) is 11.4. The van der Waals surface area contributed by atoms with Crippen LogP contribution in [0.15, 0.2) is 18.2 Å². The third kappa shape index (κ3) is 4.12. The molecule has 0 aliphatic carbocycles. The highest BCUT2D eigenvalue weighted by Crippen LogP contribution is 2.25. The van der Waals surface area contributed by atoms with Crippen LogP contribution in [0.1, 0.15) is 44.2 Å². The van der Waals surface area contributed by atoms with Crippen LogP contribution in [-0.4, -0.2) is 13.1 Å². The molecule has 2 atom stereocenters. The molecule has 1 rings (SSSR count). The molecule has 0 aliphatic rings. The van der Waals surface area contributed by atoms with Gasteiger partial charge in [0, 0.05) is 0 Å². The number of benzene rings is 1. The minimum atomic E-state index is -0.0944. The van der Waals surface area contributed by atoms with Gasteiger partial charge in [-0.25, -0.2) is 4.39 Å². The molecule has 1 N–H and O–H groups in total. The van der Waals surface area contributed by atoms with Crippen LogP contribution in [0.4, 0.5) is 4.39 Å². The maximum absolute atomic E-state index is 13.5. The Morgan fingerprint density at radius 2 is 2.00 bits per heavy atom. The van der Waals surface area contributed by atoms with Crippen LogP contribution in [0.25, 0.3) is 0 Å². The van der Waals surface area contributed by atoms with Crippen molar-refractivity contribution < 1.29 is 4.39 Å². The van der Waals surface area contributed by atoms with Crippen molar-refractivity contribution in [1.82, 2.24) is 5.32 Å². The van der Waals surface area contributed by atoms with E-state index in [4.69, 9.17) is 0 Å². The van der Waals surface area contributed by atoms with E-state index in [9.17, 15) is 4.39 Å². The zero-order chi connectivity index (χ0) is 12.8. The minimum Gasteiger partial charge on any atom is -0.316 e. The van der Waals surface area contributed by atoms with E-state index in [0.717, 1.165) is 30.6 Å². The van der Waals surface area contributed by atoms with Crippen LogP contribution in [0.5, 0.6) is 0 Å². The van der Waals surface area contributed by atoms with Crippen molar-refractivity contribution in [3.63, 3.8) is 0 Å². The normalized spacial score (nSPS) is 14.6. The van der Waals surface area contributed by atoms with Crippen molar-refractivity contribution in [3.8, 4) is 0 Å². The lowest BCUT2D eigenvalue weighted by Gasteiger charge is -2.21. The average molecular weight is 237 g/mol. The Kier molecular flexibility index (Phi) is 5.63. The summed E-state index contributed by atoms with van der Waals surface area (Å²) in [6.45, 7) is 10.4. The highest BCUT2D eigenvalue weighted by Gasteiger charge is 2.14. The highest BCUT2D eigenvalue weighted by molar-refractivity contribution is 5.26. The number of hydrogen-bond donors (Lipinski definition) is 1. The van der Waals surface area contributed by atoms with Gasteiger partial charge in [-0.3, -0.25) is 0 Å². The molecule has 0 aromatic heterocycles. The topological polar surface area (TPSA) is 12.0 Å². The zero-order valence-corrected chi connectivity index (χ0v) is 11.4. The maximum atomic E-state index is 13.5. The summed E-state index contributed by atoms with van der Waals surface area (Å²) in [5.41, 5.74) is 1.82. The second-order valence-corrected chi connectivity index (χ2v) is 4.98. The van der Waals surface area contributed by atoms with E-state index < -0.39 is 0 Å². The molecule has 0 radical (unpaired) electrons. The van der Waals surface area contributed by atoms with Gasteiger partial charge in [-0.1, -0.05) is 32.9 Å². The monoisotopic (exact) mass is 237 g/mol. The molecule has 2 unspecified atom stereocenters. The van der Waals surface area contributed by atoms with Gasteiger partial charge in [0.1, 0.15) is 5.82 Å². The van der Waals surface area contributed by atoms with Crippen LogP contribution in [0, 0.1) is 18.7 Å². The van der Waals surface area contributed by atoms with Crippen LogP contribution in [0.3, 0.4) is 0 Å². The largest absolute Gasteiger partial charge is 0.316 e. The molecule has 0 heterocycles. The standard InChI is InChI=1S/C15H24FN/c1-5-8-17-10-12(3)13(4)14-7-6-11(2)15(16)9-14/h6-7,9,12-13,17H,5,8,10H2,1-4H3. The summed E-state index contributed by atoms with van der Waals surface area (Å²) >= 11 is 0. The SMILES string of the molecule is CCCNCC(C)C(C)c1ccc(C)c(F)c1. The molecular weight excluding hydrogens is 213 g/mol. The number of aryl methyl sites for hydroxylation is 1. The fourth-order valence-electron chi connectivity index (χ4n) is 1.90. The van der Waals surface area contributed by atoms with Gasteiger partial charge < -0.3 is 5.32 Å². The van der Waals surface area contributed by atoms with Gasteiger partial charge in [-0.15, -0.1) is 0 Å². The first kappa shape index (κ1) is 14.2. The van der Waals surface area contributed by atoms with Crippen molar-refractivity contribution in [2.75, 3.05) is 13.1 Å². The van der Waals surface area contributed by atoms with Crippen molar-refractivity contribution in [3.05, 3.63) is 35.1 Å². The van der Waals surface area contributed by atoms with Crippen LogP contribution in [0.2, 0.25) is 0 Å². The van der Waals surface area contributed by atoms with Gasteiger partial charge in [0.25, 0.3) is 0 Å². The average Bonchev–Trinajstić information content (AvgIpc) is 2.32. The molecule has 0 amide bonds. The van der Waals surface area contributed by atoms with E-state index in [-0.39, 0.29) is 5.82 Å². The lowest BCUT2D eigenvalue weighted by molar-refractivity contribution is 0.446. The summed E-state index contributed by atoms with van der Waals surface area (Å²) in [6.07, 6.45) is 1.15. The molecule has 0 saturated heterocycles. The van der Waals surface area contributed by atoms with E-state index in [1.807, 2.05) is 12.1 Å². The summed E-state index contributed by atoms with van der Waals surface area (Å²) in [7, 11) is 0. The molecule has 17 heavy (non-hydrogen) atoms. The summed E-state index contributed by atoms with van der Waals surface area (Å²) in [5.74, 6) is 0.807. The van der Waals surface area contributed by atoms with Gasteiger partial charge in [0.2, 0.25) is 0 Å². The third-order valence-corrected chi connectivity index (χ3v) is 3.47. The molecule has 0 aliphatic heterocycles. The van der Waals surface area contributed by atoms with Crippen molar-refractivity contribution in [2.45, 2.75) is 40.0 Å². The van der Waals surface area contributed by atoms with E-state index in [1.54, 1.807) is 13.0 Å². The Bertz CT molecular complexity index is 349. The lowest BCUT2D eigenvalue weighted by Crippen LogP contribution is -2.25. The maximum Gasteiger partial charge on any atom is 0.126 e. The number of rotatable bonds is 6. The third-order valence-electron chi connectivity index (χ3n) is 3.47. The Morgan fingerprint density at radius 3 is 2.59 bits per heavy atom. The second-order valence-electron chi connectivity index (χ2n) is 4.98. The van der Waals surface area contributed by atoms with Crippen LogP contribution in [-0.2, 0) is 0 Å². The first-order valence-corrected chi connectivity index (χ1v) is 6.53. The van der Waals surface area contributed by atoms with Gasteiger partial charge >= 0.3 is 0 Å². The van der Waals surface area contributed by atoms with E-state index in [0.29, 0.717) is 11.8 Å². The molecule has 0 bridgehead atoms. The van der Waals surface area contributed by atoms with Gasteiger partial charge in [-0.05, 0) is 55.5 Å². The lowest BCUT2D eigenvalue weighted by atomic mass is 9.88. The van der Waals surface area contributed by atoms with Gasteiger partial charge in [0.15, 0.2) is 0 Å². The molecule has 0 fully saturated rings. The Hall–Kier alpha value is -0.890. The molecule has 1 aromatic rings. The summed E-state index contributed by atoms with van der Waals surface area (Å²) < 4.78 is 13.5. The number of nitrogens with one attached hydrogen (secondary N) is 1. The summed E-state index contributed by atoms with van der Waals surface area (Å²) in [6, 6.07) is 5.59. The van der Waals surface area contributed by atoms with E-state index in [2.05, 4.69) is 26.1 Å². The first-order chi connectivity index (χ1) is 8.06. The van der Waals surface area contributed by atoms with Crippen LogP contribution < -0.4 is 5.32 Å². The quantitative estimate of drug-likeness (QED) is 0.740. The molecule has 0 spiro atoms.